The highest BCUT2D eigenvalue weighted by Gasteiger charge is 2.20. The molecule has 8 heteroatoms. The Hall–Kier alpha value is -3.52. The topological polar surface area (TPSA) is 81.9 Å². The number of thiazole rings is 1. The lowest BCUT2D eigenvalue weighted by atomic mass is 10.2. The number of nitrogens with one attached hydrogen (secondary N) is 1. The molecule has 0 spiro atoms. The van der Waals surface area contributed by atoms with Crippen LogP contribution in [0, 0.1) is 13.8 Å². The fraction of sp³-hybridized carbons (Fsp3) is 0.182. The maximum Gasteiger partial charge on any atom is 0.263 e. The molecule has 0 unspecified atom stereocenters. The first-order valence-corrected chi connectivity index (χ1v) is 10.2. The van der Waals surface area contributed by atoms with Gasteiger partial charge in [-0.05, 0) is 43.7 Å². The van der Waals surface area contributed by atoms with Gasteiger partial charge in [0.05, 0.1) is 24.2 Å². The highest BCUT2D eigenvalue weighted by molar-refractivity contribution is 7.17. The van der Waals surface area contributed by atoms with E-state index in [1.807, 2.05) is 68.4 Å². The molecule has 0 radical (unpaired) electrons. The summed E-state index contributed by atoms with van der Waals surface area (Å²) in [4.78, 5) is 17.8. The van der Waals surface area contributed by atoms with Crippen molar-refractivity contribution in [2.24, 2.45) is 0 Å². The minimum Gasteiger partial charge on any atom is -0.497 e. The van der Waals surface area contributed by atoms with E-state index in [-0.39, 0.29) is 5.91 Å². The molecule has 0 aliphatic heterocycles. The van der Waals surface area contributed by atoms with Gasteiger partial charge < -0.3 is 10.1 Å². The SMILES string of the molecule is COc1ccc(-n2nnc(-c3nc(C)c(C(=O)NCc4ccccc4)s3)c2C)cc1. The number of methoxy groups -OCH3 is 1. The Kier molecular flexibility index (Phi) is 5.58. The summed E-state index contributed by atoms with van der Waals surface area (Å²) in [5.41, 5.74) is 4.12. The molecule has 4 rings (SSSR count). The second kappa shape index (κ2) is 8.46. The Morgan fingerprint density at radius 2 is 1.83 bits per heavy atom. The van der Waals surface area contributed by atoms with E-state index in [9.17, 15) is 4.79 Å². The molecule has 2 heterocycles. The van der Waals surface area contributed by atoms with Gasteiger partial charge in [-0.3, -0.25) is 4.79 Å². The third kappa shape index (κ3) is 3.95. The summed E-state index contributed by atoms with van der Waals surface area (Å²) >= 11 is 1.33. The van der Waals surface area contributed by atoms with Crippen LogP contribution < -0.4 is 10.1 Å². The zero-order valence-electron chi connectivity index (χ0n) is 16.9. The van der Waals surface area contributed by atoms with Crippen LogP contribution in [0.25, 0.3) is 16.4 Å². The monoisotopic (exact) mass is 419 g/mol. The summed E-state index contributed by atoms with van der Waals surface area (Å²) in [6.45, 7) is 4.24. The molecule has 7 nitrogen and oxygen atoms in total. The second-order valence-corrected chi connectivity index (χ2v) is 7.73. The quantitative estimate of drug-likeness (QED) is 0.512. The average Bonchev–Trinajstić information content (AvgIpc) is 3.35. The molecule has 1 amide bonds. The lowest BCUT2D eigenvalue weighted by Crippen LogP contribution is -2.22. The molecule has 0 saturated heterocycles. The van der Waals surface area contributed by atoms with E-state index in [0.29, 0.717) is 27.8 Å². The van der Waals surface area contributed by atoms with Crippen molar-refractivity contribution in [2.45, 2.75) is 20.4 Å². The maximum atomic E-state index is 12.7. The van der Waals surface area contributed by atoms with Crippen molar-refractivity contribution in [2.75, 3.05) is 7.11 Å². The van der Waals surface area contributed by atoms with Crippen LogP contribution in [0.3, 0.4) is 0 Å². The zero-order chi connectivity index (χ0) is 21.1. The van der Waals surface area contributed by atoms with Crippen LogP contribution in [-0.2, 0) is 6.54 Å². The van der Waals surface area contributed by atoms with Gasteiger partial charge in [0.1, 0.15) is 21.3 Å². The lowest BCUT2D eigenvalue weighted by Gasteiger charge is -2.04. The van der Waals surface area contributed by atoms with Crippen LogP contribution in [0.15, 0.2) is 54.6 Å². The van der Waals surface area contributed by atoms with Gasteiger partial charge in [-0.1, -0.05) is 35.5 Å². The maximum absolute atomic E-state index is 12.7. The standard InChI is InChI=1S/C22H21N5O2S/c1-14-20(21(28)23-13-16-7-5-4-6-8-16)30-22(24-14)19-15(2)27(26-25-19)17-9-11-18(29-3)12-10-17/h4-12H,13H2,1-3H3,(H,23,28). The number of benzene rings is 2. The van der Waals surface area contributed by atoms with Crippen molar-refractivity contribution in [3.8, 4) is 22.1 Å². The van der Waals surface area contributed by atoms with Gasteiger partial charge in [0.2, 0.25) is 0 Å². The molecule has 0 atom stereocenters. The number of nitrogens with zero attached hydrogens (tertiary/aromatic N) is 4. The Labute approximate surface area is 178 Å². The van der Waals surface area contributed by atoms with Crippen molar-refractivity contribution in [1.82, 2.24) is 25.3 Å². The summed E-state index contributed by atoms with van der Waals surface area (Å²) in [6.07, 6.45) is 0. The average molecular weight is 420 g/mol. The molecular weight excluding hydrogens is 398 g/mol. The number of hydrogen-bond donors (Lipinski definition) is 1. The lowest BCUT2D eigenvalue weighted by molar-refractivity contribution is 0.0954. The number of amides is 1. The van der Waals surface area contributed by atoms with Crippen molar-refractivity contribution < 1.29 is 9.53 Å². The number of hydrogen-bond acceptors (Lipinski definition) is 6. The number of aryl methyl sites for hydroxylation is 1. The van der Waals surface area contributed by atoms with Crippen LogP contribution in [0.1, 0.15) is 26.6 Å². The van der Waals surface area contributed by atoms with Crippen LogP contribution in [0.2, 0.25) is 0 Å². The third-order valence-electron chi connectivity index (χ3n) is 4.71. The number of aromatic nitrogens is 4. The summed E-state index contributed by atoms with van der Waals surface area (Å²) < 4.78 is 6.96. The fourth-order valence-corrected chi connectivity index (χ4v) is 4.08. The molecule has 152 valence electrons. The minimum atomic E-state index is -0.139. The Morgan fingerprint density at radius 1 is 1.10 bits per heavy atom. The van der Waals surface area contributed by atoms with Gasteiger partial charge in [-0.25, -0.2) is 9.67 Å². The number of carbonyl (C=O) groups excluding carboxylic acids is 1. The molecule has 0 saturated carbocycles. The number of rotatable bonds is 6. The van der Waals surface area contributed by atoms with E-state index in [2.05, 4.69) is 20.6 Å². The summed E-state index contributed by atoms with van der Waals surface area (Å²) in [7, 11) is 1.63. The first-order valence-electron chi connectivity index (χ1n) is 9.43. The Balaban J connectivity index is 1.55. The molecule has 0 fully saturated rings. The Morgan fingerprint density at radius 3 is 2.53 bits per heavy atom. The van der Waals surface area contributed by atoms with E-state index in [1.165, 1.54) is 11.3 Å². The van der Waals surface area contributed by atoms with Gasteiger partial charge in [-0.2, -0.15) is 0 Å². The molecule has 0 aliphatic rings. The van der Waals surface area contributed by atoms with Gasteiger partial charge in [0.25, 0.3) is 5.91 Å². The van der Waals surface area contributed by atoms with Gasteiger partial charge in [0.15, 0.2) is 0 Å². The largest absolute Gasteiger partial charge is 0.497 e. The van der Waals surface area contributed by atoms with E-state index in [0.717, 1.165) is 22.7 Å². The fourth-order valence-electron chi connectivity index (χ4n) is 3.06. The van der Waals surface area contributed by atoms with Gasteiger partial charge in [0, 0.05) is 6.54 Å². The highest BCUT2D eigenvalue weighted by atomic mass is 32.1. The summed E-state index contributed by atoms with van der Waals surface area (Å²) in [5, 5.41) is 12.2. The Bertz CT molecular complexity index is 1170. The van der Waals surface area contributed by atoms with Crippen LogP contribution in [0.5, 0.6) is 5.75 Å². The van der Waals surface area contributed by atoms with Crippen LogP contribution in [0.4, 0.5) is 0 Å². The van der Waals surface area contributed by atoms with Crippen LogP contribution >= 0.6 is 11.3 Å². The van der Waals surface area contributed by atoms with E-state index < -0.39 is 0 Å². The molecule has 2 aromatic heterocycles. The van der Waals surface area contributed by atoms with E-state index in [4.69, 9.17) is 4.74 Å². The first kappa shape index (κ1) is 19.8. The van der Waals surface area contributed by atoms with Gasteiger partial charge >= 0.3 is 0 Å². The highest BCUT2D eigenvalue weighted by Crippen LogP contribution is 2.29. The molecule has 0 bridgehead atoms. The molecule has 2 aromatic carbocycles. The summed E-state index contributed by atoms with van der Waals surface area (Å²) in [6, 6.07) is 17.4. The first-order chi connectivity index (χ1) is 14.6. The minimum absolute atomic E-state index is 0.139. The van der Waals surface area contributed by atoms with E-state index in [1.54, 1.807) is 11.8 Å². The van der Waals surface area contributed by atoms with Crippen molar-refractivity contribution in [3.63, 3.8) is 0 Å². The molecular formula is C22H21N5O2S. The third-order valence-corrected chi connectivity index (χ3v) is 5.88. The van der Waals surface area contributed by atoms with E-state index >= 15 is 0 Å². The predicted molar refractivity (Wildman–Crippen MR) is 116 cm³/mol. The number of carbonyl (C=O) groups is 1. The smallest absolute Gasteiger partial charge is 0.263 e. The zero-order valence-corrected chi connectivity index (χ0v) is 17.7. The normalized spacial score (nSPS) is 10.8. The molecule has 4 aromatic rings. The van der Waals surface area contributed by atoms with Crippen molar-refractivity contribution >= 4 is 17.2 Å². The molecule has 1 N–H and O–H groups in total. The number of ether oxygens (including phenoxy) is 1. The predicted octanol–water partition coefficient (Wildman–Crippen LogP) is 3.95. The summed E-state index contributed by atoms with van der Waals surface area (Å²) in [5.74, 6) is 0.638. The van der Waals surface area contributed by atoms with Crippen molar-refractivity contribution in [1.29, 1.82) is 0 Å². The molecule has 0 aliphatic carbocycles. The second-order valence-electron chi connectivity index (χ2n) is 6.74. The van der Waals surface area contributed by atoms with Crippen molar-refractivity contribution in [3.05, 3.63) is 76.4 Å². The molecule has 30 heavy (non-hydrogen) atoms. The van der Waals surface area contributed by atoms with Gasteiger partial charge in [-0.15, -0.1) is 16.4 Å². The van der Waals surface area contributed by atoms with Crippen LogP contribution in [-0.4, -0.2) is 33.0 Å².